The van der Waals surface area contributed by atoms with Crippen molar-refractivity contribution < 1.29 is 9.36 Å². The first-order valence-electron chi connectivity index (χ1n) is 8.13. The monoisotopic (exact) mass is 322 g/mol. The molecular formula is C19H31O2P. The Kier molecular flexibility index (Phi) is 5.50. The van der Waals surface area contributed by atoms with Crippen molar-refractivity contribution in [3.8, 4) is 0 Å². The van der Waals surface area contributed by atoms with Crippen molar-refractivity contribution in [1.29, 1.82) is 0 Å². The maximum absolute atomic E-state index is 12.8. The van der Waals surface area contributed by atoms with Gasteiger partial charge in [0.25, 0.3) is 0 Å². The van der Waals surface area contributed by atoms with Gasteiger partial charge in [-0.25, -0.2) is 0 Å². The van der Waals surface area contributed by atoms with Crippen molar-refractivity contribution in [3.63, 3.8) is 0 Å². The molecule has 0 atom stereocenters. The van der Waals surface area contributed by atoms with E-state index < -0.39 is 7.14 Å². The average molecular weight is 322 g/mol. The van der Waals surface area contributed by atoms with Crippen LogP contribution in [0.1, 0.15) is 55.4 Å². The first kappa shape index (κ1) is 19.2. The maximum atomic E-state index is 12.8. The first-order valence-corrected chi connectivity index (χ1v) is 10.3. The highest BCUT2D eigenvalue weighted by Crippen LogP contribution is 2.49. The van der Waals surface area contributed by atoms with Crippen LogP contribution in [0.25, 0.3) is 0 Å². The summed E-state index contributed by atoms with van der Waals surface area (Å²) in [6.07, 6.45) is 5.21. The summed E-state index contributed by atoms with van der Waals surface area (Å²) in [5.41, 5.74) is 2.11. The molecule has 2 nitrogen and oxygen atoms in total. The van der Waals surface area contributed by atoms with Crippen LogP contribution in [0.15, 0.2) is 34.7 Å². The van der Waals surface area contributed by atoms with Crippen molar-refractivity contribution >= 4 is 12.9 Å². The number of rotatable bonds is 3. The van der Waals surface area contributed by atoms with Crippen LogP contribution in [0.4, 0.5) is 0 Å². The van der Waals surface area contributed by atoms with Crippen LogP contribution in [-0.2, 0) is 9.36 Å². The Labute approximate surface area is 136 Å². The molecule has 0 aliphatic heterocycles. The standard InChI is InChI=1S/C19H31O2P/c1-9-22(21,10-2)13-14-11-15(18(3,4)5)17(20)16(12-14)19(6,7)8/h11-13H,9-10H2,1-8H3. The minimum absolute atomic E-state index is 0.125. The average Bonchev–Trinajstić information content (AvgIpc) is 2.37. The third kappa shape index (κ3) is 4.32. The third-order valence-electron chi connectivity index (χ3n) is 4.18. The fourth-order valence-electron chi connectivity index (χ4n) is 2.52. The topological polar surface area (TPSA) is 34.1 Å². The van der Waals surface area contributed by atoms with Crippen LogP contribution < -0.4 is 0 Å². The molecule has 0 aromatic carbocycles. The molecule has 124 valence electrons. The molecule has 0 spiro atoms. The molecule has 0 heterocycles. The van der Waals surface area contributed by atoms with Gasteiger partial charge in [0.2, 0.25) is 0 Å². The smallest absolute Gasteiger partial charge is 0.186 e. The summed E-state index contributed by atoms with van der Waals surface area (Å²) in [5.74, 6) is 2.04. The molecule has 0 fully saturated rings. The summed E-state index contributed by atoms with van der Waals surface area (Å²) in [7, 11) is -2.29. The molecule has 3 heteroatoms. The fourth-order valence-corrected chi connectivity index (χ4v) is 4.02. The largest absolute Gasteiger partial charge is 0.319 e. The Hall–Kier alpha value is -0.880. The molecule has 0 radical (unpaired) electrons. The van der Waals surface area contributed by atoms with E-state index in [-0.39, 0.29) is 16.6 Å². The van der Waals surface area contributed by atoms with E-state index in [0.29, 0.717) is 12.3 Å². The molecule has 1 aliphatic rings. The van der Waals surface area contributed by atoms with Crippen LogP contribution in [0.2, 0.25) is 0 Å². The summed E-state index contributed by atoms with van der Waals surface area (Å²) in [5, 5.41) is 0. The highest BCUT2D eigenvalue weighted by Gasteiger charge is 2.34. The molecule has 0 saturated carbocycles. The lowest BCUT2D eigenvalue weighted by atomic mass is 9.72. The molecule has 0 bridgehead atoms. The van der Waals surface area contributed by atoms with Crippen LogP contribution in [0.3, 0.4) is 0 Å². The van der Waals surface area contributed by atoms with Crippen LogP contribution in [-0.4, -0.2) is 18.1 Å². The summed E-state index contributed by atoms with van der Waals surface area (Å²) in [4.78, 5) is 12.8. The van der Waals surface area contributed by atoms with Gasteiger partial charge >= 0.3 is 0 Å². The zero-order valence-electron chi connectivity index (χ0n) is 15.4. The molecule has 1 rings (SSSR count). The molecule has 0 saturated heterocycles. The van der Waals surface area contributed by atoms with Gasteiger partial charge in [0.1, 0.15) is 7.14 Å². The molecule has 0 aromatic heterocycles. The van der Waals surface area contributed by atoms with Crippen molar-refractivity contribution in [2.75, 3.05) is 12.3 Å². The Morgan fingerprint density at radius 3 is 1.55 bits per heavy atom. The van der Waals surface area contributed by atoms with E-state index in [9.17, 15) is 9.36 Å². The van der Waals surface area contributed by atoms with Crippen LogP contribution >= 0.6 is 7.14 Å². The summed E-state index contributed by atoms with van der Waals surface area (Å²) in [6, 6.07) is 0. The predicted molar refractivity (Wildman–Crippen MR) is 96.9 cm³/mol. The number of hydrogen-bond acceptors (Lipinski definition) is 2. The van der Waals surface area contributed by atoms with E-state index in [1.807, 2.05) is 31.8 Å². The number of ketones is 1. The van der Waals surface area contributed by atoms with Gasteiger partial charge < -0.3 is 4.57 Å². The van der Waals surface area contributed by atoms with Crippen molar-refractivity contribution in [2.45, 2.75) is 55.4 Å². The number of allylic oxidation sites excluding steroid dienone is 5. The van der Waals surface area contributed by atoms with E-state index in [1.54, 1.807) is 0 Å². The lowest BCUT2D eigenvalue weighted by Gasteiger charge is -2.31. The van der Waals surface area contributed by atoms with E-state index >= 15 is 0 Å². The zero-order chi connectivity index (χ0) is 17.3. The van der Waals surface area contributed by atoms with Gasteiger partial charge in [-0.05, 0) is 34.4 Å². The highest BCUT2D eigenvalue weighted by atomic mass is 31.2. The molecule has 1 aliphatic carbocycles. The second-order valence-electron chi connectivity index (χ2n) is 8.16. The Morgan fingerprint density at radius 1 is 0.909 bits per heavy atom. The Balaban J connectivity index is 3.52. The van der Waals surface area contributed by atoms with Gasteiger partial charge in [-0.2, -0.15) is 0 Å². The molecule has 0 amide bonds. The molecule has 0 N–H and O–H groups in total. The second kappa shape index (κ2) is 6.32. The number of Topliss-reactive ketones (excluding diaryl/α,β-unsaturated/α-hetero) is 1. The SMILES string of the molecule is CCP(=O)(C=C1C=C(C(C)(C)C)C(=O)C(C(C)(C)C)=C1)CC. The first-order chi connectivity index (χ1) is 9.84. The van der Waals surface area contributed by atoms with Gasteiger partial charge in [-0.3, -0.25) is 4.79 Å². The van der Waals surface area contributed by atoms with E-state index in [1.165, 1.54) is 0 Å². The van der Waals surface area contributed by atoms with Crippen LogP contribution in [0.5, 0.6) is 0 Å². The van der Waals surface area contributed by atoms with Gasteiger partial charge in [-0.15, -0.1) is 0 Å². The minimum Gasteiger partial charge on any atom is -0.319 e. The van der Waals surface area contributed by atoms with Gasteiger partial charge in [0.15, 0.2) is 5.78 Å². The van der Waals surface area contributed by atoms with E-state index in [4.69, 9.17) is 0 Å². The number of hydrogen-bond donors (Lipinski definition) is 0. The van der Waals surface area contributed by atoms with Crippen molar-refractivity contribution in [2.24, 2.45) is 10.8 Å². The Bertz CT molecular complexity index is 546. The summed E-state index contributed by atoms with van der Waals surface area (Å²) < 4.78 is 12.8. The molecule has 0 aromatic rings. The normalized spacial score (nSPS) is 17.3. The zero-order valence-corrected chi connectivity index (χ0v) is 16.3. The Morgan fingerprint density at radius 2 is 1.27 bits per heavy atom. The second-order valence-corrected chi connectivity index (χ2v) is 11.6. The fraction of sp³-hybridized carbons (Fsp3) is 0.632. The summed E-state index contributed by atoms with van der Waals surface area (Å²) in [6.45, 7) is 16.3. The van der Waals surface area contributed by atoms with Crippen molar-refractivity contribution in [3.05, 3.63) is 34.7 Å². The predicted octanol–water partition coefficient (Wildman–Crippen LogP) is 5.80. The highest BCUT2D eigenvalue weighted by molar-refractivity contribution is 7.67. The lowest BCUT2D eigenvalue weighted by Crippen LogP contribution is -2.27. The number of carbonyl (C=O) groups excluding carboxylic acids is 1. The minimum atomic E-state index is -2.29. The summed E-state index contributed by atoms with van der Waals surface area (Å²) >= 11 is 0. The number of carbonyl (C=O) groups is 1. The van der Waals surface area contributed by atoms with Crippen molar-refractivity contribution in [1.82, 2.24) is 0 Å². The lowest BCUT2D eigenvalue weighted by molar-refractivity contribution is -0.114. The third-order valence-corrected chi connectivity index (χ3v) is 7.09. The maximum Gasteiger partial charge on any atom is 0.186 e. The quantitative estimate of drug-likeness (QED) is 0.615. The molecule has 22 heavy (non-hydrogen) atoms. The molecule has 0 unspecified atom stereocenters. The van der Waals surface area contributed by atoms with Crippen LogP contribution in [0, 0.1) is 10.8 Å². The van der Waals surface area contributed by atoms with E-state index in [0.717, 1.165) is 16.7 Å². The van der Waals surface area contributed by atoms with Gasteiger partial charge in [0.05, 0.1) is 0 Å². The van der Waals surface area contributed by atoms with Gasteiger partial charge in [-0.1, -0.05) is 55.4 Å². The van der Waals surface area contributed by atoms with E-state index in [2.05, 4.69) is 41.5 Å². The van der Waals surface area contributed by atoms with Gasteiger partial charge in [0, 0.05) is 23.5 Å². The molecular weight excluding hydrogens is 291 g/mol.